The van der Waals surface area contributed by atoms with Crippen LogP contribution in [0, 0.1) is 33.6 Å². The first-order valence-corrected chi connectivity index (χ1v) is 17.2. The molecule has 0 fully saturated rings. The Morgan fingerprint density at radius 3 is 1.82 bits per heavy atom. The third kappa shape index (κ3) is 13.8. The Morgan fingerprint density at radius 2 is 1.20 bits per heavy atom. The molecule has 0 aromatic heterocycles. The van der Waals surface area contributed by atoms with Gasteiger partial charge in [0.15, 0.2) is 0 Å². The van der Waals surface area contributed by atoms with Crippen molar-refractivity contribution in [3.63, 3.8) is 0 Å². The molecule has 0 saturated carbocycles. The predicted octanol–water partition coefficient (Wildman–Crippen LogP) is 13.3. The van der Waals surface area contributed by atoms with E-state index in [0.29, 0.717) is 0 Å². The second-order valence-corrected chi connectivity index (χ2v) is 12.2. The summed E-state index contributed by atoms with van der Waals surface area (Å²) < 4.78 is 1.46. The molecule has 0 aliphatic carbocycles. The Kier molecular flexibility index (Phi) is 23.4. The predicted molar refractivity (Wildman–Crippen MR) is 195 cm³/mol. The molecule has 2 aromatic carbocycles. The number of hydrogen-bond donors (Lipinski definition) is 0. The van der Waals surface area contributed by atoms with Gasteiger partial charge < -0.3 is 20.4 Å². The SMILES string of the molecule is CCCCCCCCCC#CC1=C(c2cccc(CCCCCCCC)c2)[N+](=[N-])C(c2ccc(C)cc2)=C1CCCC.[CH3-].[CH3-].[Ni+2]. The minimum atomic E-state index is 0. The van der Waals surface area contributed by atoms with Crippen molar-refractivity contribution in [1.82, 2.24) is 0 Å². The summed E-state index contributed by atoms with van der Waals surface area (Å²) in [5.41, 5.74) is 20.5. The molecule has 45 heavy (non-hydrogen) atoms. The molecule has 0 unspecified atom stereocenters. The van der Waals surface area contributed by atoms with E-state index in [1.807, 2.05) is 0 Å². The number of hydrogen-bond acceptors (Lipinski definition) is 0. The van der Waals surface area contributed by atoms with E-state index in [9.17, 15) is 5.53 Å². The molecule has 1 heterocycles. The molecule has 0 atom stereocenters. The van der Waals surface area contributed by atoms with Crippen molar-refractivity contribution >= 4 is 11.4 Å². The van der Waals surface area contributed by atoms with Crippen molar-refractivity contribution in [2.24, 2.45) is 0 Å². The van der Waals surface area contributed by atoms with Crippen LogP contribution in [0.25, 0.3) is 16.9 Å². The maximum atomic E-state index is 11.8. The van der Waals surface area contributed by atoms with Gasteiger partial charge in [-0.1, -0.05) is 139 Å². The first-order valence-electron chi connectivity index (χ1n) is 17.2. The Labute approximate surface area is 289 Å². The zero-order valence-corrected chi connectivity index (χ0v) is 30.5. The van der Waals surface area contributed by atoms with Gasteiger partial charge in [0.1, 0.15) is 5.57 Å². The van der Waals surface area contributed by atoms with Gasteiger partial charge in [-0.15, -0.1) is 0 Å². The van der Waals surface area contributed by atoms with E-state index in [4.69, 9.17) is 0 Å². The summed E-state index contributed by atoms with van der Waals surface area (Å²) in [7, 11) is 0. The molecule has 0 saturated heterocycles. The fourth-order valence-corrected chi connectivity index (χ4v) is 5.92. The summed E-state index contributed by atoms with van der Waals surface area (Å²) in [5, 5.41) is 0. The standard InChI is InChI=1S/C40H56N2.2CH3.Ni/c1-5-8-11-13-15-16-17-19-21-27-38-37(26-10-7-3)39(35-30-28-33(4)29-31-35)42(41)40(38)36-25-22-24-34(32-36)23-20-18-14-12-9-6-2;;;/h22,24-25,28-32H,5-20,23,26H2,1-4H3;2*1H3;/q;2*-1;+2. The van der Waals surface area contributed by atoms with E-state index >= 15 is 0 Å². The Balaban J connectivity index is 0.00000645. The zero-order valence-electron chi connectivity index (χ0n) is 29.6. The number of benzene rings is 2. The summed E-state index contributed by atoms with van der Waals surface area (Å²) >= 11 is 0. The van der Waals surface area contributed by atoms with Crippen molar-refractivity contribution in [3.05, 3.63) is 102 Å². The average Bonchev–Trinajstić information content (AvgIpc) is 3.28. The summed E-state index contributed by atoms with van der Waals surface area (Å²) in [6.45, 7) is 8.89. The minimum Gasteiger partial charge on any atom is -0.493 e. The van der Waals surface area contributed by atoms with Crippen LogP contribution in [0.5, 0.6) is 0 Å². The van der Waals surface area contributed by atoms with Gasteiger partial charge in [0, 0.05) is 23.1 Å². The van der Waals surface area contributed by atoms with Gasteiger partial charge in [-0.25, -0.2) is 4.70 Å². The van der Waals surface area contributed by atoms with Crippen molar-refractivity contribution < 1.29 is 21.2 Å². The molecule has 0 spiro atoms. The molecule has 1 aliphatic heterocycles. The summed E-state index contributed by atoms with van der Waals surface area (Å²) in [6.07, 6.45) is 22.0. The molecule has 3 heteroatoms. The number of allylic oxidation sites excluding steroid dienone is 2. The molecule has 0 radical (unpaired) electrons. The van der Waals surface area contributed by atoms with Crippen LogP contribution in [0.1, 0.15) is 152 Å². The molecule has 2 aromatic rings. The van der Waals surface area contributed by atoms with E-state index in [1.165, 1.54) is 98.4 Å². The quantitative estimate of drug-likeness (QED) is 0.0474. The van der Waals surface area contributed by atoms with Crippen LogP contribution in [0.4, 0.5) is 0 Å². The van der Waals surface area contributed by atoms with Gasteiger partial charge in [0.05, 0.1) is 0 Å². The normalized spacial score (nSPS) is 12.3. The number of rotatable bonds is 19. The Bertz CT molecular complexity index is 1240. The van der Waals surface area contributed by atoms with Crippen LogP contribution >= 0.6 is 0 Å². The Morgan fingerprint density at radius 1 is 0.622 bits per heavy atom. The summed E-state index contributed by atoms with van der Waals surface area (Å²) in [5.74, 6) is 7.13. The number of unbranched alkanes of at least 4 members (excludes halogenated alkanes) is 13. The zero-order chi connectivity index (χ0) is 30.0. The van der Waals surface area contributed by atoms with Crippen molar-refractivity contribution in [2.45, 2.75) is 143 Å². The maximum Gasteiger partial charge on any atom is 2.00 e. The maximum absolute atomic E-state index is 11.8. The second kappa shape index (κ2) is 24.8. The van der Waals surface area contributed by atoms with Gasteiger partial charge in [-0.2, -0.15) is 0 Å². The van der Waals surface area contributed by atoms with Crippen LogP contribution < -0.4 is 0 Å². The van der Waals surface area contributed by atoms with Gasteiger partial charge in [0.25, 0.3) is 0 Å². The van der Waals surface area contributed by atoms with Gasteiger partial charge >= 0.3 is 16.5 Å². The van der Waals surface area contributed by atoms with Crippen LogP contribution in [-0.4, -0.2) is 4.70 Å². The van der Waals surface area contributed by atoms with Crippen LogP contribution in [-0.2, 0) is 22.9 Å². The molecule has 0 bridgehead atoms. The molecule has 250 valence electrons. The summed E-state index contributed by atoms with van der Waals surface area (Å²) in [6, 6.07) is 17.4. The van der Waals surface area contributed by atoms with Crippen molar-refractivity contribution in [1.29, 1.82) is 0 Å². The number of nitrogens with zero attached hydrogens (tertiary/aromatic N) is 2. The first kappa shape index (κ1) is 42.6. The van der Waals surface area contributed by atoms with E-state index in [-0.39, 0.29) is 31.3 Å². The molecule has 1 aliphatic rings. The first-order chi connectivity index (χ1) is 20.6. The number of aryl methyl sites for hydroxylation is 2. The van der Waals surface area contributed by atoms with Crippen LogP contribution in [0.3, 0.4) is 0 Å². The molecule has 0 N–H and O–H groups in total. The van der Waals surface area contributed by atoms with E-state index in [0.717, 1.165) is 66.6 Å². The molecule has 3 rings (SSSR count). The van der Waals surface area contributed by atoms with E-state index in [2.05, 4.69) is 88.1 Å². The summed E-state index contributed by atoms with van der Waals surface area (Å²) in [4.78, 5) is 0. The van der Waals surface area contributed by atoms with Gasteiger partial charge in [0.2, 0.25) is 11.4 Å². The minimum absolute atomic E-state index is 0. The topological polar surface area (TPSA) is 25.3 Å². The Hall–Kier alpha value is -2.43. The average molecular weight is 654 g/mol. The second-order valence-electron chi connectivity index (χ2n) is 12.2. The van der Waals surface area contributed by atoms with Gasteiger partial charge in [-0.3, -0.25) is 0 Å². The van der Waals surface area contributed by atoms with E-state index < -0.39 is 0 Å². The van der Waals surface area contributed by atoms with Crippen LogP contribution in [0.15, 0.2) is 59.7 Å². The molecular formula is C42H62N2Ni. The molecule has 2 nitrogen and oxygen atoms in total. The third-order valence-corrected chi connectivity index (χ3v) is 8.49. The fraction of sp³-hybridized carbons (Fsp3) is 0.524. The van der Waals surface area contributed by atoms with Crippen LogP contribution in [0.2, 0.25) is 0 Å². The van der Waals surface area contributed by atoms with Crippen molar-refractivity contribution in [2.75, 3.05) is 0 Å². The fourth-order valence-electron chi connectivity index (χ4n) is 5.92. The van der Waals surface area contributed by atoms with Gasteiger partial charge in [-0.05, 0) is 68.9 Å². The third-order valence-electron chi connectivity index (χ3n) is 8.49. The van der Waals surface area contributed by atoms with E-state index in [1.54, 1.807) is 0 Å². The smallest absolute Gasteiger partial charge is 0.493 e. The molecular weight excluding hydrogens is 591 g/mol. The monoisotopic (exact) mass is 652 g/mol. The largest absolute Gasteiger partial charge is 2.00 e. The molecule has 0 amide bonds. The van der Waals surface area contributed by atoms with Crippen molar-refractivity contribution in [3.8, 4) is 11.8 Å².